The van der Waals surface area contributed by atoms with Crippen LogP contribution in [0, 0.1) is 6.92 Å². The molecule has 2 aromatic carbocycles. The minimum absolute atomic E-state index is 0.193. The number of carbonyl (C=O) groups excluding carboxylic acids is 1. The highest BCUT2D eigenvalue weighted by molar-refractivity contribution is 7.32. The molecular formula is C28H21F3N2O5S3. The first-order chi connectivity index (χ1) is 19.5. The number of aryl methyl sites for hydroxylation is 1. The van der Waals surface area contributed by atoms with Crippen LogP contribution in [0.3, 0.4) is 0 Å². The highest BCUT2D eigenvalue weighted by Gasteiger charge is 2.33. The number of nitrogens with zero attached hydrogens (tertiary/aromatic N) is 1. The number of nitrogens with one attached hydrogen (secondary N) is 1. The van der Waals surface area contributed by atoms with Crippen LogP contribution in [-0.4, -0.2) is 27.9 Å². The molecule has 0 aliphatic heterocycles. The fourth-order valence-electron chi connectivity index (χ4n) is 4.11. The molecule has 0 radical (unpaired) electrons. The molecule has 13 heteroatoms. The molecule has 0 saturated heterocycles. The van der Waals surface area contributed by atoms with E-state index in [9.17, 15) is 22.8 Å². The van der Waals surface area contributed by atoms with Gasteiger partial charge in [-0.2, -0.15) is 4.37 Å². The van der Waals surface area contributed by atoms with Gasteiger partial charge in [0.1, 0.15) is 11.9 Å². The van der Waals surface area contributed by atoms with Gasteiger partial charge in [-0.3, -0.25) is 10.1 Å². The van der Waals surface area contributed by atoms with Gasteiger partial charge in [-0.1, -0.05) is 36.4 Å². The molecule has 3 heterocycles. The molecule has 7 nitrogen and oxygen atoms in total. The van der Waals surface area contributed by atoms with E-state index in [1.807, 2.05) is 36.4 Å². The molecule has 2 N–H and O–H groups in total. The fourth-order valence-corrected chi connectivity index (χ4v) is 7.48. The zero-order valence-electron chi connectivity index (χ0n) is 21.4. The Hall–Kier alpha value is -3.94. The molecule has 0 aliphatic rings. The Morgan fingerprint density at radius 3 is 2.39 bits per heavy atom. The van der Waals surface area contributed by atoms with E-state index in [2.05, 4.69) is 14.4 Å². The summed E-state index contributed by atoms with van der Waals surface area (Å²) in [6, 6.07) is 17.0. The number of carbonyl (C=O) groups is 2. The predicted molar refractivity (Wildman–Crippen MR) is 154 cm³/mol. The molecule has 41 heavy (non-hydrogen) atoms. The van der Waals surface area contributed by atoms with Gasteiger partial charge in [0.15, 0.2) is 0 Å². The van der Waals surface area contributed by atoms with Crippen LogP contribution in [0.4, 0.5) is 23.7 Å². The van der Waals surface area contributed by atoms with E-state index >= 15 is 0 Å². The Kier molecular flexibility index (Phi) is 8.02. The van der Waals surface area contributed by atoms with Crippen molar-refractivity contribution >= 4 is 61.4 Å². The number of alkyl halides is 3. The molecule has 0 spiro atoms. The smallest absolute Gasteiger partial charge is 0.481 e. The first-order valence-electron chi connectivity index (χ1n) is 12.1. The van der Waals surface area contributed by atoms with E-state index in [0.29, 0.717) is 16.3 Å². The van der Waals surface area contributed by atoms with Crippen molar-refractivity contribution in [2.45, 2.75) is 32.7 Å². The number of anilines is 1. The summed E-state index contributed by atoms with van der Waals surface area (Å²) >= 11 is 3.91. The molecule has 1 unspecified atom stereocenters. The van der Waals surface area contributed by atoms with Crippen LogP contribution < -0.4 is 10.1 Å². The summed E-state index contributed by atoms with van der Waals surface area (Å²) in [6.45, 7) is 3.56. The number of ether oxygens (including phenoxy) is 2. The van der Waals surface area contributed by atoms with Gasteiger partial charge in [0.05, 0.1) is 27.6 Å². The number of hydrogen-bond acceptors (Lipinski definition) is 8. The van der Waals surface area contributed by atoms with Crippen molar-refractivity contribution in [2.75, 3.05) is 5.32 Å². The molecule has 0 fully saturated rings. The molecular weight excluding hydrogens is 598 g/mol. The molecule has 0 aliphatic carbocycles. The van der Waals surface area contributed by atoms with E-state index in [-0.39, 0.29) is 11.1 Å². The lowest BCUT2D eigenvalue weighted by atomic mass is 10.1. The molecule has 212 valence electrons. The Morgan fingerprint density at radius 1 is 1.02 bits per heavy atom. The lowest BCUT2D eigenvalue weighted by Gasteiger charge is -2.14. The summed E-state index contributed by atoms with van der Waals surface area (Å²) in [4.78, 5) is 25.8. The van der Waals surface area contributed by atoms with Crippen LogP contribution in [0.1, 0.15) is 29.8 Å². The lowest BCUT2D eigenvalue weighted by Crippen LogP contribution is -2.18. The van der Waals surface area contributed by atoms with E-state index in [1.54, 1.807) is 19.9 Å². The third-order valence-electron chi connectivity index (χ3n) is 5.97. The number of aliphatic carboxylic acids is 1. The number of benzene rings is 2. The number of carboxylic acid groups (broad SMARTS) is 1. The minimum atomic E-state index is -4.94. The zero-order chi connectivity index (χ0) is 29.3. The van der Waals surface area contributed by atoms with Crippen molar-refractivity contribution in [3.63, 3.8) is 0 Å². The van der Waals surface area contributed by atoms with Crippen LogP contribution in [0.2, 0.25) is 0 Å². The summed E-state index contributed by atoms with van der Waals surface area (Å²) in [5.74, 6) is -1.62. The number of aromatic nitrogens is 1. The standard InChI is InChI=1S/C28H21F3N2O5S3/c1-14-25(32-27(36)37-15(2)17-6-4-3-5-7-17)26(41-33-14)23-13-22-21(40-23)12-20(39-22)18-9-8-16(11-24(34)35)10-19(18)38-28(29,30)31/h3-10,12-13,15H,11H2,1-2H3,(H,32,36)(H,34,35). The van der Waals surface area contributed by atoms with Gasteiger partial charge in [0, 0.05) is 19.8 Å². The normalized spacial score (nSPS) is 12.3. The zero-order valence-corrected chi connectivity index (χ0v) is 23.9. The van der Waals surface area contributed by atoms with Crippen LogP contribution in [0.15, 0.2) is 60.7 Å². The highest BCUT2D eigenvalue weighted by atomic mass is 32.1. The third kappa shape index (κ3) is 6.69. The van der Waals surface area contributed by atoms with Crippen molar-refractivity contribution < 1.29 is 37.3 Å². The highest BCUT2D eigenvalue weighted by Crippen LogP contribution is 2.47. The summed E-state index contributed by atoms with van der Waals surface area (Å²) < 4.78 is 55.2. The Labute approximate surface area is 244 Å². The van der Waals surface area contributed by atoms with E-state index in [4.69, 9.17) is 9.84 Å². The third-order valence-corrected chi connectivity index (χ3v) is 9.41. The summed E-state index contributed by atoms with van der Waals surface area (Å²) in [5, 5.41) is 11.8. The summed E-state index contributed by atoms with van der Waals surface area (Å²) in [5.41, 5.74) is 2.42. The van der Waals surface area contributed by atoms with Gasteiger partial charge in [-0.25, -0.2) is 4.79 Å². The maximum atomic E-state index is 13.1. The van der Waals surface area contributed by atoms with Crippen LogP contribution in [-0.2, 0) is 16.0 Å². The number of halogens is 3. The summed E-state index contributed by atoms with van der Waals surface area (Å²) in [7, 11) is 0. The quantitative estimate of drug-likeness (QED) is 0.180. The number of thiophene rings is 2. The predicted octanol–water partition coefficient (Wildman–Crippen LogP) is 8.90. The first kappa shape index (κ1) is 28.6. The molecule has 5 aromatic rings. The summed E-state index contributed by atoms with van der Waals surface area (Å²) in [6.07, 6.45) is -6.44. The van der Waals surface area contributed by atoms with Gasteiger partial charge in [0.25, 0.3) is 0 Å². The maximum Gasteiger partial charge on any atom is 0.573 e. The van der Waals surface area contributed by atoms with Crippen molar-refractivity contribution in [3.05, 3.63) is 77.5 Å². The minimum Gasteiger partial charge on any atom is -0.481 e. The average Bonchev–Trinajstić information content (AvgIpc) is 3.57. The SMILES string of the molecule is Cc1nsc(-c2cc3sc(-c4ccc(CC(=O)O)cc4OC(F)(F)F)cc3s2)c1NC(=O)OC(C)c1ccccc1. The average molecular weight is 619 g/mol. The van der Waals surface area contributed by atoms with Crippen molar-refractivity contribution in [2.24, 2.45) is 0 Å². The van der Waals surface area contributed by atoms with Gasteiger partial charge >= 0.3 is 18.4 Å². The topological polar surface area (TPSA) is 97.8 Å². The maximum absolute atomic E-state index is 13.1. The second-order valence-corrected chi connectivity index (χ2v) is 11.9. The fraction of sp³-hybridized carbons (Fsp3) is 0.179. The van der Waals surface area contributed by atoms with Crippen molar-refractivity contribution in [1.82, 2.24) is 4.37 Å². The van der Waals surface area contributed by atoms with Gasteiger partial charge in [0.2, 0.25) is 0 Å². The van der Waals surface area contributed by atoms with Gasteiger partial charge < -0.3 is 14.6 Å². The number of hydrogen-bond donors (Lipinski definition) is 2. The van der Waals surface area contributed by atoms with E-state index in [1.165, 1.54) is 46.3 Å². The second-order valence-electron chi connectivity index (χ2n) is 8.95. The number of rotatable bonds is 8. The van der Waals surface area contributed by atoms with Crippen LogP contribution in [0.25, 0.3) is 29.6 Å². The molecule has 5 rings (SSSR count). The molecule has 3 aromatic heterocycles. The number of fused-ring (bicyclic) bond motifs is 1. The molecule has 1 atom stereocenters. The number of amides is 1. The lowest BCUT2D eigenvalue weighted by molar-refractivity contribution is -0.274. The van der Waals surface area contributed by atoms with Crippen LogP contribution in [0.5, 0.6) is 5.75 Å². The van der Waals surface area contributed by atoms with E-state index in [0.717, 1.165) is 30.8 Å². The van der Waals surface area contributed by atoms with Gasteiger partial charge in [-0.15, -0.1) is 35.8 Å². The largest absolute Gasteiger partial charge is 0.573 e. The molecule has 1 amide bonds. The van der Waals surface area contributed by atoms with Crippen LogP contribution >= 0.6 is 34.2 Å². The monoisotopic (exact) mass is 618 g/mol. The van der Waals surface area contributed by atoms with Gasteiger partial charge in [-0.05, 0) is 60.8 Å². The molecule has 0 saturated carbocycles. The van der Waals surface area contributed by atoms with Crippen molar-refractivity contribution in [1.29, 1.82) is 0 Å². The first-order valence-corrected chi connectivity index (χ1v) is 14.5. The van der Waals surface area contributed by atoms with E-state index < -0.39 is 36.7 Å². The second kappa shape index (κ2) is 11.5. The Bertz CT molecular complexity index is 1700. The van der Waals surface area contributed by atoms with Crippen molar-refractivity contribution in [3.8, 4) is 25.9 Å². The number of carboxylic acids is 1. The Balaban J connectivity index is 1.40. The molecule has 0 bridgehead atoms. The Morgan fingerprint density at radius 2 is 1.71 bits per heavy atom.